The van der Waals surface area contributed by atoms with Crippen molar-refractivity contribution in [3.63, 3.8) is 0 Å². The molecule has 0 atom stereocenters. The molecule has 48 heavy (non-hydrogen) atoms. The van der Waals surface area contributed by atoms with Crippen LogP contribution in [0.5, 0.6) is 0 Å². The van der Waals surface area contributed by atoms with Crippen molar-refractivity contribution in [2.75, 3.05) is 0 Å². The van der Waals surface area contributed by atoms with Crippen molar-refractivity contribution < 1.29 is 0 Å². The second-order valence-corrected chi connectivity index (χ2v) is 24.2. The molecule has 0 spiro atoms. The molecule has 7 aliphatic rings. The molecule has 12 heteroatoms. The van der Waals surface area contributed by atoms with Gasteiger partial charge in [0, 0.05) is 36.3 Å². The third-order valence-electron chi connectivity index (χ3n) is 12.6. The van der Waals surface area contributed by atoms with Gasteiger partial charge in [-0.15, -0.1) is 0 Å². The molecular formula is C36H72N9P3. The van der Waals surface area contributed by atoms with Crippen LogP contribution in [0.1, 0.15) is 193 Å². The Morgan fingerprint density at radius 3 is 0.521 bits per heavy atom. The van der Waals surface area contributed by atoms with Crippen molar-refractivity contribution in [2.24, 2.45) is 13.5 Å². The van der Waals surface area contributed by atoms with E-state index in [1.54, 1.807) is 0 Å². The van der Waals surface area contributed by atoms with Gasteiger partial charge in [0.1, 0.15) is 0 Å². The van der Waals surface area contributed by atoms with Crippen molar-refractivity contribution >= 4 is 22.5 Å². The standard InChI is InChI=1S/C36H72N9P3/c1-7-19-31(20-8-1)37-46(38-32-21-9-2-10-22-32)43-47(39-33-23-11-3-12-24-33,40-34-25-13-4-14-26-34)45-48(44-46,41-35-27-15-5-16-28-35)42-36-29-17-6-18-30-36/h31-42H,1-30H2. The molecule has 7 rings (SSSR count). The van der Waals surface area contributed by atoms with E-state index in [-0.39, 0.29) is 0 Å². The number of hydrogen-bond donors (Lipinski definition) is 6. The molecule has 6 N–H and O–H groups in total. The summed E-state index contributed by atoms with van der Waals surface area (Å²) in [4.78, 5) is 0. The summed E-state index contributed by atoms with van der Waals surface area (Å²) in [5.41, 5.74) is 0. The van der Waals surface area contributed by atoms with E-state index in [2.05, 4.69) is 30.5 Å². The highest BCUT2D eigenvalue weighted by Crippen LogP contribution is 2.72. The topological polar surface area (TPSA) is 109 Å². The lowest BCUT2D eigenvalue weighted by atomic mass is 9.96. The molecule has 6 saturated carbocycles. The molecule has 0 amide bonds. The quantitative estimate of drug-likeness (QED) is 0.112. The largest absolute Gasteiger partial charge is 0.250 e. The molecule has 0 saturated heterocycles. The number of nitrogens with one attached hydrogen (secondary N) is 6. The lowest BCUT2D eigenvalue weighted by Crippen LogP contribution is -2.43. The van der Waals surface area contributed by atoms with Crippen molar-refractivity contribution in [1.82, 2.24) is 30.5 Å². The molecule has 0 bridgehead atoms. The molecule has 9 nitrogen and oxygen atoms in total. The van der Waals surface area contributed by atoms with E-state index in [4.69, 9.17) is 13.5 Å². The summed E-state index contributed by atoms with van der Waals surface area (Å²) < 4.78 is 18.6. The molecule has 1 aliphatic heterocycles. The summed E-state index contributed by atoms with van der Waals surface area (Å²) in [6.07, 6.45) is 39.2. The highest BCUT2D eigenvalue weighted by atomic mass is 31.3. The van der Waals surface area contributed by atoms with Crippen molar-refractivity contribution in [2.45, 2.75) is 229 Å². The van der Waals surface area contributed by atoms with Gasteiger partial charge < -0.3 is 0 Å². The Bertz CT molecular complexity index is 926. The van der Waals surface area contributed by atoms with Crippen LogP contribution in [0.2, 0.25) is 0 Å². The molecule has 1 heterocycles. The van der Waals surface area contributed by atoms with Crippen LogP contribution in [0.3, 0.4) is 0 Å². The Morgan fingerprint density at radius 1 is 0.229 bits per heavy atom. The zero-order valence-electron chi connectivity index (χ0n) is 30.4. The summed E-state index contributed by atoms with van der Waals surface area (Å²) in [5, 5.41) is 26.3. The molecular weight excluding hydrogens is 651 g/mol. The normalized spacial score (nSPS) is 30.2. The fourth-order valence-electron chi connectivity index (χ4n) is 9.95. The van der Waals surface area contributed by atoms with Gasteiger partial charge in [-0.3, -0.25) is 30.5 Å². The summed E-state index contributed by atoms with van der Waals surface area (Å²) in [6.45, 7) is 0. The van der Waals surface area contributed by atoms with Crippen LogP contribution in [0.4, 0.5) is 0 Å². The second kappa shape index (κ2) is 18.0. The van der Waals surface area contributed by atoms with Gasteiger partial charge in [-0.25, -0.2) is 0 Å². The third-order valence-corrected chi connectivity index (χ3v) is 23.1. The molecule has 0 aromatic carbocycles. The van der Waals surface area contributed by atoms with Gasteiger partial charge in [0.05, 0.1) is 0 Å². The zero-order chi connectivity index (χ0) is 32.5. The maximum Gasteiger partial charge on any atom is 0.216 e. The van der Waals surface area contributed by atoms with Gasteiger partial charge in [0.25, 0.3) is 0 Å². The molecule has 0 unspecified atom stereocenters. The molecule has 0 radical (unpaired) electrons. The molecule has 0 aromatic rings. The fourth-order valence-corrected chi connectivity index (χ4v) is 23.2. The zero-order valence-corrected chi connectivity index (χ0v) is 33.0. The minimum absolute atomic E-state index is 0.492. The first kappa shape index (κ1) is 36.8. The smallest absolute Gasteiger partial charge is 0.216 e. The van der Waals surface area contributed by atoms with Crippen LogP contribution in [-0.2, 0) is 0 Å². The van der Waals surface area contributed by atoms with E-state index >= 15 is 0 Å². The number of rotatable bonds is 12. The van der Waals surface area contributed by atoms with E-state index in [1.165, 1.54) is 193 Å². The highest BCUT2D eigenvalue weighted by molar-refractivity contribution is 7.83. The fraction of sp³-hybridized carbons (Fsp3) is 1.00. The third kappa shape index (κ3) is 10.3. The van der Waals surface area contributed by atoms with Gasteiger partial charge in [0.15, 0.2) is 0 Å². The van der Waals surface area contributed by atoms with Crippen LogP contribution in [-0.4, -0.2) is 36.3 Å². The molecule has 6 aliphatic carbocycles. The first-order chi connectivity index (χ1) is 23.6. The minimum Gasteiger partial charge on any atom is -0.250 e. The number of nitrogens with zero attached hydrogens (tertiary/aromatic N) is 3. The first-order valence-corrected chi connectivity index (χ1v) is 26.3. The minimum atomic E-state index is -2.54. The summed E-state index contributed by atoms with van der Waals surface area (Å²) in [5.74, 6) is 0. The van der Waals surface area contributed by atoms with E-state index in [9.17, 15) is 0 Å². The summed E-state index contributed by atoms with van der Waals surface area (Å²) in [6, 6.07) is 2.95. The van der Waals surface area contributed by atoms with Crippen molar-refractivity contribution in [3.05, 3.63) is 0 Å². The Hall–Kier alpha value is 0.450. The lowest BCUT2D eigenvalue weighted by molar-refractivity contribution is 0.399. The van der Waals surface area contributed by atoms with Crippen LogP contribution in [0, 0.1) is 0 Å². The van der Waals surface area contributed by atoms with Gasteiger partial charge in [0.2, 0.25) is 22.5 Å². The van der Waals surface area contributed by atoms with Crippen LogP contribution in [0.15, 0.2) is 13.5 Å². The van der Waals surface area contributed by atoms with Gasteiger partial charge in [-0.1, -0.05) is 116 Å². The SMILES string of the molecule is C1CCC(NP2(NC3CCCCC3)=NP(NC3CCCCC3)(NC3CCCCC3)=NP(NC3CCCCC3)(NC3CCCCC3)=N2)CC1. The van der Waals surface area contributed by atoms with Crippen LogP contribution in [0.25, 0.3) is 0 Å². The Morgan fingerprint density at radius 2 is 0.375 bits per heavy atom. The van der Waals surface area contributed by atoms with Crippen molar-refractivity contribution in [3.8, 4) is 0 Å². The summed E-state index contributed by atoms with van der Waals surface area (Å²) in [7, 11) is -7.61. The maximum atomic E-state index is 6.19. The number of hydrogen-bond acceptors (Lipinski definition) is 9. The van der Waals surface area contributed by atoms with E-state index in [1.807, 2.05) is 0 Å². The van der Waals surface area contributed by atoms with Gasteiger partial charge in [-0.05, 0) is 77.0 Å². The monoisotopic (exact) mass is 724 g/mol. The van der Waals surface area contributed by atoms with Crippen LogP contribution < -0.4 is 30.5 Å². The Kier molecular flexibility index (Phi) is 13.8. The van der Waals surface area contributed by atoms with Crippen LogP contribution >= 0.6 is 22.5 Å². The van der Waals surface area contributed by atoms with Crippen molar-refractivity contribution in [1.29, 1.82) is 0 Å². The van der Waals surface area contributed by atoms with E-state index in [0.717, 1.165) is 0 Å². The van der Waals surface area contributed by atoms with E-state index < -0.39 is 22.5 Å². The molecule has 6 fully saturated rings. The first-order valence-electron chi connectivity index (χ1n) is 21.2. The predicted octanol–water partition coefficient (Wildman–Crippen LogP) is 11.4. The van der Waals surface area contributed by atoms with E-state index in [0.29, 0.717) is 36.3 Å². The Balaban J connectivity index is 1.39. The summed E-state index contributed by atoms with van der Waals surface area (Å²) >= 11 is 0. The Labute approximate surface area is 294 Å². The molecule has 0 aromatic heterocycles. The van der Waals surface area contributed by atoms with Gasteiger partial charge >= 0.3 is 0 Å². The maximum absolute atomic E-state index is 6.19. The predicted molar refractivity (Wildman–Crippen MR) is 208 cm³/mol. The molecule has 276 valence electrons. The highest BCUT2D eigenvalue weighted by Gasteiger charge is 2.43. The average Bonchev–Trinajstić information content (AvgIpc) is 3.10. The second-order valence-electron chi connectivity index (χ2n) is 16.9. The van der Waals surface area contributed by atoms with Gasteiger partial charge in [-0.2, -0.15) is 13.5 Å². The lowest BCUT2D eigenvalue weighted by Gasteiger charge is -2.45. The average molecular weight is 724 g/mol.